The van der Waals surface area contributed by atoms with Crippen molar-refractivity contribution in [1.29, 1.82) is 5.26 Å². The third-order valence-corrected chi connectivity index (χ3v) is 6.65. The summed E-state index contributed by atoms with van der Waals surface area (Å²) in [5.41, 5.74) is 3.59. The van der Waals surface area contributed by atoms with Crippen LogP contribution in [0.1, 0.15) is 16.7 Å². The molecule has 5 rings (SSSR count). The van der Waals surface area contributed by atoms with Crippen LogP contribution < -0.4 is 4.74 Å². The molecule has 1 aromatic heterocycles. The monoisotopic (exact) mass is 479 g/mol. The number of benzene rings is 3. The molecular weight excluding hydrogens is 458 g/mol. The number of thioether (sulfide) groups is 1. The van der Waals surface area contributed by atoms with Gasteiger partial charge in [0.1, 0.15) is 12.4 Å². The van der Waals surface area contributed by atoms with E-state index in [1.54, 1.807) is 18.2 Å². The van der Waals surface area contributed by atoms with E-state index in [1.807, 2.05) is 72.9 Å². The molecule has 0 spiro atoms. The van der Waals surface area contributed by atoms with Gasteiger partial charge in [0.25, 0.3) is 11.1 Å². The SMILES string of the molecule is N#Cc1ccc(Cn2cc(/C=C3\SC(=O)N(CCOc4ccccc4)C3=O)c3ccccc32)cc1. The van der Waals surface area contributed by atoms with Gasteiger partial charge in [-0.15, -0.1) is 0 Å². The molecule has 35 heavy (non-hydrogen) atoms. The minimum Gasteiger partial charge on any atom is -0.492 e. The molecule has 0 unspecified atom stereocenters. The summed E-state index contributed by atoms with van der Waals surface area (Å²) in [4.78, 5) is 27.1. The molecule has 4 aromatic rings. The summed E-state index contributed by atoms with van der Waals surface area (Å²) < 4.78 is 7.77. The number of rotatable bonds is 7. The number of imide groups is 1. The van der Waals surface area contributed by atoms with Gasteiger partial charge in [-0.05, 0) is 53.7 Å². The maximum absolute atomic E-state index is 13.0. The molecule has 1 fully saturated rings. The number of nitriles is 1. The number of amides is 2. The van der Waals surface area contributed by atoms with Crippen LogP contribution >= 0.6 is 11.8 Å². The molecule has 6 nitrogen and oxygen atoms in total. The number of carbonyl (C=O) groups is 2. The second kappa shape index (κ2) is 9.92. The van der Waals surface area contributed by atoms with Crippen molar-refractivity contribution in [2.75, 3.05) is 13.2 Å². The number of para-hydroxylation sites is 2. The summed E-state index contributed by atoms with van der Waals surface area (Å²) in [5.74, 6) is 0.394. The lowest BCUT2D eigenvalue weighted by atomic mass is 10.1. The van der Waals surface area contributed by atoms with Crippen LogP contribution in [0.15, 0.2) is 90.0 Å². The lowest BCUT2D eigenvalue weighted by molar-refractivity contribution is -0.123. The van der Waals surface area contributed by atoms with Gasteiger partial charge in [-0.1, -0.05) is 48.5 Å². The fraction of sp³-hybridized carbons (Fsp3) is 0.107. The first-order chi connectivity index (χ1) is 17.1. The normalized spacial score (nSPS) is 14.6. The number of aromatic nitrogens is 1. The first-order valence-corrected chi connectivity index (χ1v) is 11.9. The highest BCUT2D eigenvalue weighted by Gasteiger charge is 2.35. The lowest BCUT2D eigenvalue weighted by Gasteiger charge is -2.13. The Labute approximate surface area is 207 Å². The van der Waals surface area contributed by atoms with E-state index in [9.17, 15) is 9.59 Å². The summed E-state index contributed by atoms with van der Waals surface area (Å²) in [7, 11) is 0. The smallest absolute Gasteiger partial charge is 0.293 e. The van der Waals surface area contributed by atoms with Crippen molar-refractivity contribution < 1.29 is 14.3 Å². The van der Waals surface area contributed by atoms with Crippen LogP contribution in [0.4, 0.5) is 4.79 Å². The van der Waals surface area contributed by atoms with Gasteiger partial charge >= 0.3 is 0 Å². The van der Waals surface area contributed by atoms with Crippen LogP contribution in [0.2, 0.25) is 0 Å². The highest BCUT2D eigenvalue weighted by Crippen LogP contribution is 2.34. The van der Waals surface area contributed by atoms with E-state index in [2.05, 4.69) is 10.6 Å². The predicted octanol–water partition coefficient (Wildman–Crippen LogP) is 5.68. The van der Waals surface area contributed by atoms with Crippen LogP contribution in [0.5, 0.6) is 5.75 Å². The van der Waals surface area contributed by atoms with E-state index in [-0.39, 0.29) is 24.3 Å². The van der Waals surface area contributed by atoms with Gasteiger partial charge in [0.2, 0.25) is 0 Å². The Morgan fingerprint density at radius 1 is 0.943 bits per heavy atom. The molecule has 172 valence electrons. The fourth-order valence-corrected chi connectivity index (χ4v) is 4.86. The van der Waals surface area contributed by atoms with E-state index in [1.165, 1.54) is 4.90 Å². The van der Waals surface area contributed by atoms with Crippen LogP contribution in [-0.4, -0.2) is 33.8 Å². The van der Waals surface area contributed by atoms with Crippen LogP contribution in [0.3, 0.4) is 0 Å². The maximum Gasteiger partial charge on any atom is 0.293 e. The molecule has 1 aliphatic heterocycles. The van der Waals surface area contributed by atoms with E-state index in [0.717, 1.165) is 33.8 Å². The van der Waals surface area contributed by atoms with E-state index in [0.29, 0.717) is 22.8 Å². The first kappa shape index (κ1) is 22.5. The van der Waals surface area contributed by atoms with Gasteiger partial charge in [-0.3, -0.25) is 14.5 Å². The van der Waals surface area contributed by atoms with E-state index >= 15 is 0 Å². The summed E-state index contributed by atoms with van der Waals surface area (Å²) in [6, 6.07) is 26.9. The zero-order valence-electron chi connectivity index (χ0n) is 18.8. The van der Waals surface area contributed by atoms with Crippen LogP contribution in [0, 0.1) is 11.3 Å². The van der Waals surface area contributed by atoms with Crippen molar-refractivity contribution >= 4 is 39.9 Å². The third-order valence-electron chi connectivity index (χ3n) is 5.74. The van der Waals surface area contributed by atoms with Crippen molar-refractivity contribution in [3.05, 3.63) is 107 Å². The van der Waals surface area contributed by atoms with E-state index < -0.39 is 0 Å². The molecule has 2 amide bonds. The Morgan fingerprint density at radius 3 is 2.46 bits per heavy atom. The minimum absolute atomic E-state index is 0.192. The third kappa shape index (κ3) is 4.84. The molecule has 0 aliphatic carbocycles. The summed E-state index contributed by atoms with van der Waals surface area (Å²) >= 11 is 0.952. The van der Waals surface area contributed by atoms with Crippen molar-refractivity contribution in [3.63, 3.8) is 0 Å². The number of hydrogen-bond donors (Lipinski definition) is 0. The Kier molecular flexibility index (Phi) is 6.38. The number of nitrogens with zero attached hydrogens (tertiary/aromatic N) is 3. The molecule has 2 heterocycles. The number of ether oxygens (including phenoxy) is 1. The Morgan fingerprint density at radius 2 is 1.69 bits per heavy atom. The van der Waals surface area contributed by atoms with Crippen LogP contribution in [-0.2, 0) is 11.3 Å². The molecule has 1 aliphatic rings. The van der Waals surface area contributed by atoms with Crippen molar-refractivity contribution in [2.24, 2.45) is 0 Å². The average Bonchev–Trinajstić information content (AvgIpc) is 3.37. The quantitative estimate of drug-likeness (QED) is 0.319. The molecule has 3 aromatic carbocycles. The van der Waals surface area contributed by atoms with Crippen molar-refractivity contribution in [3.8, 4) is 11.8 Å². The number of hydrogen-bond acceptors (Lipinski definition) is 5. The molecule has 1 saturated heterocycles. The molecule has 0 saturated carbocycles. The van der Waals surface area contributed by atoms with Gasteiger partial charge in [-0.25, -0.2) is 0 Å². The molecule has 0 radical (unpaired) electrons. The largest absolute Gasteiger partial charge is 0.492 e. The molecule has 0 atom stereocenters. The predicted molar refractivity (Wildman–Crippen MR) is 137 cm³/mol. The van der Waals surface area contributed by atoms with Crippen molar-refractivity contribution in [2.45, 2.75) is 6.54 Å². The number of carbonyl (C=O) groups excluding carboxylic acids is 2. The summed E-state index contributed by atoms with van der Waals surface area (Å²) in [6.45, 7) is 1.05. The maximum atomic E-state index is 13.0. The second-order valence-corrected chi connectivity index (χ2v) is 9.03. The Hall–Kier alpha value is -4.28. The molecule has 0 N–H and O–H groups in total. The highest BCUT2D eigenvalue weighted by molar-refractivity contribution is 8.18. The zero-order chi connectivity index (χ0) is 24.2. The van der Waals surface area contributed by atoms with E-state index in [4.69, 9.17) is 10.00 Å². The Balaban J connectivity index is 1.36. The average molecular weight is 480 g/mol. The van der Waals surface area contributed by atoms with Crippen LogP contribution in [0.25, 0.3) is 17.0 Å². The van der Waals surface area contributed by atoms with Gasteiger partial charge in [0, 0.05) is 29.2 Å². The molecular formula is C28H21N3O3S. The summed E-state index contributed by atoms with van der Waals surface area (Å²) in [6.07, 6.45) is 3.79. The molecule has 7 heteroatoms. The fourth-order valence-electron chi connectivity index (χ4n) is 4.01. The topological polar surface area (TPSA) is 75.3 Å². The standard InChI is InChI=1S/C28H21N3O3S/c29-17-20-10-12-21(13-11-20)18-30-19-22(24-8-4-5-9-25(24)30)16-26-27(32)31(28(33)35-26)14-15-34-23-6-2-1-3-7-23/h1-13,16,19H,14-15,18H2/b26-16-. The zero-order valence-corrected chi connectivity index (χ0v) is 19.6. The second-order valence-electron chi connectivity index (χ2n) is 8.03. The van der Waals surface area contributed by atoms with Gasteiger partial charge in [0.15, 0.2) is 0 Å². The minimum atomic E-state index is -0.305. The Bertz CT molecular complexity index is 1470. The highest BCUT2D eigenvalue weighted by atomic mass is 32.2. The van der Waals surface area contributed by atoms with Gasteiger partial charge < -0.3 is 9.30 Å². The first-order valence-electron chi connectivity index (χ1n) is 11.1. The van der Waals surface area contributed by atoms with Crippen molar-refractivity contribution in [1.82, 2.24) is 9.47 Å². The summed E-state index contributed by atoms with van der Waals surface area (Å²) in [5, 5.41) is 9.74. The van der Waals surface area contributed by atoms with Gasteiger partial charge in [-0.2, -0.15) is 5.26 Å². The van der Waals surface area contributed by atoms with Gasteiger partial charge in [0.05, 0.1) is 23.1 Å². The lowest BCUT2D eigenvalue weighted by Crippen LogP contribution is -2.32. The number of fused-ring (bicyclic) bond motifs is 1. The molecule has 0 bridgehead atoms.